The van der Waals surface area contributed by atoms with Gasteiger partial charge in [0.2, 0.25) is 0 Å². The molecule has 4 N–H and O–H groups in total. The van der Waals surface area contributed by atoms with Gasteiger partial charge in [-0.2, -0.15) is 0 Å². The molecule has 0 bridgehead atoms. The molecular weight excluding hydrogens is 378 g/mol. The molecule has 0 amide bonds. The summed E-state index contributed by atoms with van der Waals surface area (Å²) in [6.45, 7) is 0.110. The van der Waals surface area contributed by atoms with Gasteiger partial charge in [0.15, 0.2) is 5.84 Å². The molecule has 2 rings (SSSR count). The molecule has 112 valence electrons. The van der Waals surface area contributed by atoms with E-state index in [2.05, 4.69) is 25.8 Å². The van der Waals surface area contributed by atoms with Crippen LogP contribution in [0.3, 0.4) is 0 Å². The van der Waals surface area contributed by atoms with E-state index in [0.717, 1.165) is 11.3 Å². The molecule has 0 fully saturated rings. The molecule has 2 aromatic rings. The lowest BCUT2D eigenvalue weighted by Gasteiger charge is -2.07. The molecule has 0 aliphatic carbocycles. The first kappa shape index (κ1) is 16.0. The quantitative estimate of drug-likeness (QED) is 0.315. The van der Waals surface area contributed by atoms with Crippen molar-refractivity contribution in [2.24, 2.45) is 10.9 Å². The van der Waals surface area contributed by atoms with E-state index in [0.29, 0.717) is 15.6 Å². The summed E-state index contributed by atoms with van der Waals surface area (Å²) in [5, 5.41) is 13.2. The summed E-state index contributed by atoms with van der Waals surface area (Å²) in [7, 11) is -3.57. The Kier molecular flexibility index (Phi) is 4.99. The third kappa shape index (κ3) is 3.82. The summed E-state index contributed by atoms with van der Waals surface area (Å²) in [6, 6.07) is 8.46. The van der Waals surface area contributed by atoms with E-state index >= 15 is 0 Å². The van der Waals surface area contributed by atoms with Crippen molar-refractivity contribution < 1.29 is 13.6 Å². The van der Waals surface area contributed by atoms with Gasteiger partial charge in [0.25, 0.3) is 10.0 Å². The number of halogens is 1. The number of hydrogen-bond donors (Lipinski definition) is 3. The molecule has 0 unspecified atom stereocenters. The maximum absolute atomic E-state index is 12.1. The first-order valence-electron chi connectivity index (χ1n) is 5.73. The molecule has 6 nitrogen and oxygen atoms in total. The van der Waals surface area contributed by atoms with E-state index in [1.807, 2.05) is 0 Å². The van der Waals surface area contributed by atoms with Crippen molar-refractivity contribution in [1.82, 2.24) is 4.72 Å². The Hall–Kier alpha value is -1.42. The first-order valence-corrected chi connectivity index (χ1v) is 8.89. The highest BCUT2D eigenvalue weighted by Crippen LogP contribution is 2.27. The Labute approximate surface area is 134 Å². The van der Waals surface area contributed by atoms with Crippen molar-refractivity contribution >= 4 is 43.1 Å². The molecular formula is C12H12BrN3O3S2. The topological polar surface area (TPSA) is 105 Å². The molecule has 0 spiro atoms. The summed E-state index contributed by atoms with van der Waals surface area (Å²) in [5.41, 5.74) is 6.72. The van der Waals surface area contributed by atoms with Crippen LogP contribution in [0, 0.1) is 0 Å². The van der Waals surface area contributed by atoms with Crippen LogP contribution in [0.25, 0.3) is 0 Å². The van der Waals surface area contributed by atoms with Gasteiger partial charge in [-0.15, -0.1) is 11.3 Å². The monoisotopic (exact) mass is 389 g/mol. The van der Waals surface area contributed by atoms with Gasteiger partial charge in [-0.3, -0.25) is 0 Å². The van der Waals surface area contributed by atoms with E-state index in [-0.39, 0.29) is 16.6 Å². The van der Waals surface area contributed by atoms with Crippen molar-refractivity contribution in [2.75, 3.05) is 0 Å². The fourth-order valence-electron chi connectivity index (χ4n) is 1.61. The van der Waals surface area contributed by atoms with E-state index in [9.17, 15) is 8.42 Å². The van der Waals surface area contributed by atoms with Crippen molar-refractivity contribution in [3.05, 3.63) is 51.3 Å². The first-order chi connectivity index (χ1) is 9.94. The van der Waals surface area contributed by atoms with Crippen LogP contribution >= 0.6 is 27.3 Å². The second-order valence-electron chi connectivity index (χ2n) is 4.07. The largest absolute Gasteiger partial charge is 0.409 e. The Bertz CT molecular complexity index is 772. The lowest BCUT2D eigenvalue weighted by atomic mass is 10.1. The van der Waals surface area contributed by atoms with Crippen LogP contribution < -0.4 is 10.5 Å². The van der Waals surface area contributed by atoms with Crippen molar-refractivity contribution in [2.45, 2.75) is 10.8 Å². The van der Waals surface area contributed by atoms with E-state index in [1.165, 1.54) is 0 Å². The van der Waals surface area contributed by atoms with Crippen molar-refractivity contribution in [1.29, 1.82) is 0 Å². The second-order valence-corrected chi connectivity index (χ2v) is 7.80. The zero-order valence-electron chi connectivity index (χ0n) is 10.7. The fourth-order valence-corrected chi connectivity index (χ4v) is 5.01. The molecule has 0 aliphatic rings. The highest BCUT2D eigenvalue weighted by molar-refractivity contribution is 9.10. The molecule has 0 radical (unpaired) electrons. The zero-order valence-corrected chi connectivity index (χ0v) is 13.9. The van der Waals surface area contributed by atoms with Crippen LogP contribution in [0.1, 0.15) is 11.1 Å². The number of benzene rings is 1. The highest BCUT2D eigenvalue weighted by atomic mass is 79.9. The Morgan fingerprint density at radius 3 is 2.81 bits per heavy atom. The normalized spacial score (nSPS) is 12.5. The standard InChI is InChI=1S/C12H12BrN3O3S2/c13-10-4-5-20-12(10)21(18,19)15-7-8-2-1-3-9(6-8)11(14)16-17/h1-6,15,17H,7H2,(H2,14,16). The smallest absolute Gasteiger partial charge is 0.251 e. The zero-order chi connectivity index (χ0) is 15.5. The van der Waals surface area contributed by atoms with Gasteiger partial charge in [0, 0.05) is 16.6 Å². The minimum Gasteiger partial charge on any atom is -0.409 e. The maximum Gasteiger partial charge on any atom is 0.251 e. The molecule has 0 aliphatic heterocycles. The Morgan fingerprint density at radius 1 is 1.43 bits per heavy atom. The molecule has 21 heavy (non-hydrogen) atoms. The van der Waals surface area contributed by atoms with Crippen molar-refractivity contribution in [3.63, 3.8) is 0 Å². The number of amidine groups is 1. The van der Waals surface area contributed by atoms with Crippen LogP contribution in [0.4, 0.5) is 0 Å². The highest BCUT2D eigenvalue weighted by Gasteiger charge is 2.18. The Balaban J connectivity index is 2.15. The maximum atomic E-state index is 12.1. The fraction of sp³-hybridized carbons (Fsp3) is 0.0833. The number of nitrogens with one attached hydrogen (secondary N) is 1. The van der Waals surface area contributed by atoms with E-state index in [4.69, 9.17) is 10.9 Å². The van der Waals surface area contributed by atoms with Crippen LogP contribution in [-0.4, -0.2) is 19.5 Å². The number of nitrogens with zero attached hydrogens (tertiary/aromatic N) is 1. The number of rotatable bonds is 5. The van der Waals surface area contributed by atoms with Gasteiger partial charge in [0.1, 0.15) is 4.21 Å². The van der Waals surface area contributed by atoms with Crippen LogP contribution in [0.2, 0.25) is 0 Å². The number of thiophene rings is 1. The molecule has 1 aromatic carbocycles. The molecule has 9 heteroatoms. The van der Waals surface area contributed by atoms with E-state index < -0.39 is 10.0 Å². The SMILES string of the molecule is NC(=NO)c1cccc(CNS(=O)(=O)c2sccc2Br)c1. The van der Waals surface area contributed by atoms with E-state index in [1.54, 1.807) is 35.7 Å². The predicted molar refractivity (Wildman–Crippen MR) is 85.0 cm³/mol. The van der Waals surface area contributed by atoms with Crippen LogP contribution in [-0.2, 0) is 16.6 Å². The van der Waals surface area contributed by atoms with Gasteiger partial charge in [-0.05, 0) is 39.0 Å². The van der Waals surface area contributed by atoms with Gasteiger partial charge >= 0.3 is 0 Å². The molecule has 0 saturated carbocycles. The lowest BCUT2D eigenvalue weighted by molar-refractivity contribution is 0.318. The average molecular weight is 390 g/mol. The number of nitrogens with two attached hydrogens (primary N) is 1. The Morgan fingerprint density at radius 2 is 2.19 bits per heavy atom. The molecule has 0 saturated heterocycles. The third-order valence-corrected chi connectivity index (χ3v) is 6.70. The summed E-state index contributed by atoms with van der Waals surface area (Å²) >= 11 is 4.33. The average Bonchev–Trinajstić information content (AvgIpc) is 2.92. The minimum atomic E-state index is -3.57. The molecule has 1 heterocycles. The van der Waals surface area contributed by atoms with Gasteiger partial charge in [0.05, 0.1) is 0 Å². The van der Waals surface area contributed by atoms with Crippen molar-refractivity contribution in [3.8, 4) is 0 Å². The summed E-state index contributed by atoms with van der Waals surface area (Å²) in [6.07, 6.45) is 0. The second kappa shape index (κ2) is 6.56. The summed E-state index contributed by atoms with van der Waals surface area (Å²) in [5.74, 6) is -0.0271. The molecule has 1 aromatic heterocycles. The van der Waals surface area contributed by atoms with Gasteiger partial charge in [-0.25, -0.2) is 13.1 Å². The number of oxime groups is 1. The third-order valence-electron chi connectivity index (χ3n) is 2.63. The van der Waals surface area contributed by atoms with Crippen LogP contribution in [0.5, 0.6) is 0 Å². The molecule has 0 atom stereocenters. The van der Waals surface area contributed by atoms with Gasteiger partial charge < -0.3 is 10.9 Å². The number of hydrogen-bond acceptors (Lipinski definition) is 5. The number of sulfonamides is 1. The van der Waals surface area contributed by atoms with Crippen LogP contribution in [0.15, 0.2) is 49.5 Å². The summed E-state index contributed by atoms with van der Waals surface area (Å²) < 4.78 is 27.6. The lowest BCUT2D eigenvalue weighted by Crippen LogP contribution is -2.23. The summed E-state index contributed by atoms with van der Waals surface area (Å²) in [4.78, 5) is 0. The minimum absolute atomic E-state index is 0.0271. The predicted octanol–water partition coefficient (Wildman–Crippen LogP) is 2.08. The van der Waals surface area contributed by atoms with Gasteiger partial charge in [-0.1, -0.05) is 23.4 Å².